The predicted molar refractivity (Wildman–Crippen MR) is 142 cm³/mol. The van der Waals surface area contributed by atoms with Crippen LogP contribution in [0, 0.1) is 18.3 Å². The van der Waals surface area contributed by atoms with Crippen LogP contribution < -0.4 is 10.1 Å². The lowest BCUT2D eigenvalue weighted by Gasteiger charge is -2.14. The van der Waals surface area contributed by atoms with Gasteiger partial charge in [0.25, 0.3) is 5.91 Å². The van der Waals surface area contributed by atoms with Gasteiger partial charge in [0.1, 0.15) is 24.0 Å². The minimum Gasteiger partial charge on any atom is -0.487 e. The minimum atomic E-state index is -0.521. The molecule has 0 aliphatic carbocycles. The monoisotopic (exact) mass is 554 g/mol. The number of halogens is 3. The second-order valence-electron chi connectivity index (χ2n) is 7.49. The number of allylic oxidation sites excluding steroid dienone is 1. The number of ether oxygens (including phenoxy) is 1. The number of hydrogen-bond donors (Lipinski definition) is 1. The van der Waals surface area contributed by atoms with E-state index in [1.165, 1.54) is 6.08 Å². The van der Waals surface area contributed by atoms with Crippen molar-refractivity contribution in [2.75, 3.05) is 5.32 Å². The highest BCUT2D eigenvalue weighted by atomic mass is 79.9. The molecule has 0 saturated heterocycles. The fourth-order valence-corrected chi connectivity index (χ4v) is 4.09. The van der Waals surface area contributed by atoms with Crippen molar-refractivity contribution in [3.05, 3.63) is 110 Å². The quantitative estimate of drug-likeness (QED) is 0.174. The summed E-state index contributed by atoms with van der Waals surface area (Å²) in [7, 11) is 0. The molecule has 7 heteroatoms. The average molecular weight is 556 g/mol. The van der Waals surface area contributed by atoms with Crippen LogP contribution >= 0.6 is 39.1 Å². The number of benzene rings is 3. The molecule has 0 saturated carbocycles. The molecule has 0 fully saturated rings. The fraction of sp³-hybridized carbons (Fsp3) is 0.111. The van der Waals surface area contributed by atoms with E-state index in [-0.39, 0.29) is 5.57 Å². The van der Waals surface area contributed by atoms with E-state index in [1.54, 1.807) is 30.3 Å². The summed E-state index contributed by atoms with van der Waals surface area (Å²) in [6.07, 6.45) is 3.85. The molecule has 3 rings (SSSR count). The number of rotatable bonds is 8. The van der Waals surface area contributed by atoms with E-state index in [0.717, 1.165) is 16.7 Å². The van der Waals surface area contributed by atoms with Gasteiger partial charge in [-0.25, -0.2) is 0 Å². The summed E-state index contributed by atoms with van der Waals surface area (Å²) in [6.45, 7) is 6.05. The first-order valence-corrected chi connectivity index (χ1v) is 11.9. The van der Waals surface area contributed by atoms with Gasteiger partial charge >= 0.3 is 0 Å². The van der Waals surface area contributed by atoms with Crippen LogP contribution in [0.15, 0.2) is 77.3 Å². The highest BCUT2D eigenvalue weighted by Gasteiger charge is 2.14. The summed E-state index contributed by atoms with van der Waals surface area (Å²) >= 11 is 15.6. The third kappa shape index (κ3) is 6.74. The summed E-state index contributed by atoms with van der Waals surface area (Å²) in [5, 5.41) is 13.5. The summed E-state index contributed by atoms with van der Waals surface area (Å²) in [5.74, 6) is 0.149. The lowest BCUT2D eigenvalue weighted by Crippen LogP contribution is -2.13. The van der Waals surface area contributed by atoms with E-state index in [0.29, 0.717) is 44.5 Å². The molecule has 0 aliphatic rings. The number of hydrogen-bond acceptors (Lipinski definition) is 3. The molecule has 0 unspecified atom stereocenters. The van der Waals surface area contributed by atoms with Gasteiger partial charge in [0, 0.05) is 15.7 Å². The Morgan fingerprint density at radius 3 is 2.56 bits per heavy atom. The molecule has 172 valence electrons. The number of aryl methyl sites for hydroxylation is 1. The van der Waals surface area contributed by atoms with Gasteiger partial charge in [-0.2, -0.15) is 5.26 Å². The third-order valence-electron chi connectivity index (χ3n) is 4.91. The van der Waals surface area contributed by atoms with Gasteiger partial charge in [-0.15, -0.1) is 6.58 Å². The number of nitrogens with zero attached hydrogens (tertiary/aromatic N) is 1. The first-order valence-electron chi connectivity index (χ1n) is 10.3. The first kappa shape index (κ1) is 25.6. The fourth-order valence-electron chi connectivity index (χ4n) is 3.15. The number of carbonyl (C=O) groups is 1. The van der Waals surface area contributed by atoms with Gasteiger partial charge in [-0.1, -0.05) is 47.5 Å². The molecule has 0 bridgehead atoms. The number of anilines is 1. The van der Waals surface area contributed by atoms with E-state index in [9.17, 15) is 10.1 Å². The van der Waals surface area contributed by atoms with Gasteiger partial charge in [0.2, 0.25) is 0 Å². The molecule has 4 nitrogen and oxygen atoms in total. The van der Waals surface area contributed by atoms with E-state index < -0.39 is 5.91 Å². The highest BCUT2D eigenvalue weighted by molar-refractivity contribution is 9.10. The molecule has 0 aliphatic heterocycles. The number of carbonyl (C=O) groups excluding carboxylic acids is 1. The molecular formula is C27H21BrCl2N2O2. The molecule has 34 heavy (non-hydrogen) atoms. The minimum absolute atomic E-state index is 0.0389. The number of nitriles is 1. The molecular weight excluding hydrogens is 535 g/mol. The summed E-state index contributed by atoms with van der Waals surface area (Å²) < 4.78 is 6.77. The Bertz CT molecular complexity index is 1300. The zero-order valence-electron chi connectivity index (χ0n) is 18.4. The van der Waals surface area contributed by atoms with Crippen LogP contribution in [0.2, 0.25) is 10.0 Å². The smallest absolute Gasteiger partial charge is 0.266 e. The van der Waals surface area contributed by atoms with Crippen LogP contribution in [0.4, 0.5) is 5.69 Å². The lowest BCUT2D eigenvalue weighted by atomic mass is 10.0. The SMILES string of the molecule is C=CCc1cc(/C=C(/C#N)C(=O)Nc2ccc(C)c(Cl)c2)cc(Br)c1OCc1ccc(Cl)cc1. The Hall–Kier alpha value is -3.04. The maximum absolute atomic E-state index is 12.7. The molecule has 0 aromatic heterocycles. The first-order chi connectivity index (χ1) is 16.3. The van der Waals surface area contributed by atoms with Gasteiger partial charge in [-0.3, -0.25) is 4.79 Å². The van der Waals surface area contributed by atoms with Crippen LogP contribution in [-0.4, -0.2) is 5.91 Å². The molecule has 0 heterocycles. The highest BCUT2D eigenvalue weighted by Crippen LogP contribution is 2.33. The summed E-state index contributed by atoms with van der Waals surface area (Å²) in [4.78, 5) is 12.7. The molecule has 0 atom stereocenters. The Kier molecular flexibility index (Phi) is 8.95. The van der Waals surface area contributed by atoms with Crippen molar-refractivity contribution in [2.45, 2.75) is 20.0 Å². The summed E-state index contributed by atoms with van der Waals surface area (Å²) in [6, 6.07) is 18.3. The van der Waals surface area contributed by atoms with Crippen molar-refractivity contribution in [2.24, 2.45) is 0 Å². The maximum Gasteiger partial charge on any atom is 0.266 e. The van der Waals surface area contributed by atoms with Crippen LogP contribution in [-0.2, 0) is 17.8 Å². The zero-order valence-corrected chi connectivity index (χ0v) is 21.5. The van der Waals surface area contributed by atoms with Crippen LogP contribution in [0.1, 0.15) is 22.3 Å². The Morgan fingerprint density at radius 1 is 1.18 bits per heavy atom. The van der Waals surface area contributed by atoms with Crippen LogP contribution in [0.5, 0.6) is 5.75 Å². The standard InChI is InChI=1S/C27H21BrCl2N2O2/c1-3-4-20-11-19(13-24(28)26(20)34-16-18-6-8-22(29)9-7-18)12-21(15-31)27(33)32-23-10-5-17(2)25(30)14-23/h3,5-14H,1,4,16H2,2H3,(H,32,33)/b21-12-. The van der Waals surface area contributed by atoms with Crippen molar-refractivity contribution in [3.8, 4) is 11.8 Å². The van der Waals surface area contributed by atoms with Crippen molar-refractivity contribution in [3.63, 3.8) is 0 Å². The van der Waals surface area contributed by atoms with E-state index in [4.69, 9.17) is 27.9 Å². The van der Waals surface area contributed by atoms with E-state index in [1.807, 2.05) is 43.3 Å². The van der Waals surface area contributed by atoms with Crippen molar-refractivity contribution >= 4 is 56.8 Å². The topological polar surface area (TPSA) is 62.1 Å². The van der Waals surface area contributed by atoms with Crippen LogP contribution in [0.25, 0.3) is 6.08 Å². The molecule has 0 spiro atoms. The lowest BCUT2D eigenvalue weighted by molar-refractivity contribution is -0.112. The zero-order chi connectivity index (χ0) is 24.7. The Balaban J connectivity index is 1.84. The summed E-state index contributed by atoms with van der Waals surface area (Å²) in [5.41, 5.74) is 3.89. The van der Waals surface area contributed by atoms with E-state index in [2.05, 4.69) is 27.8 Å². The van der Waals surface area contributed by atoms with Crippen molar-refractivity contribution in [1.82, 2.24) is 0 Å². The largest absolute Gasteiger partial charge is 0.487 e. The molecule has 1 N–H and O–H groups in total. The molecule has 0 radical (unpaired) electrons. The van der Waals surface area contributed by atoms with Crippen LogP contribution in [0.3, 0.4) is 0 Å². The Morgan fingerprint density at radius 2 is 1.91 bits per heavy atom. The third-order valence-corrected chi connectivity index (χ3v) is 6.16. The van der Waals surface area contributed by atoms with Crippen molar-refractivity contribution in [1.29, 1.82) is 5.26 Å². The average Bonchev–Trinajstić information content (AvgIpc) is 2.80. The van der Waals surface area contributed by atoms with Gasteiger partial charge in [0.15, 0.2) is 0 Å². The van der Waals surface area contributed by atoms with Gasteiger partial charge < -0.3 is 10.1 Å². The second kappa shape index (κ2) is 11.9. The second-order valence-corrected chi connectivity index (χ2v) is 9.18. The number of amides is 1. The number of nitrogens with one attached hydrogen (secondary N) is 1. The van der Waals surface area contributed by atoms with Gasteiger partial charge in [0.05, 0.1) is 4.47 Å². The van der Waals surface area contributed by atoms with Gasteiger partial charge in [-0.05, 0) is 94.0 Å². The van der Waals surface area contributed by atoms with E-state index >= 15 is 0 Å². The normalized spacial score (nSPS) is 11.0. The maximum atomic E-state index is 12.7. The van der Waals surface area contributed by atoms with Crippen molar-refractivity contribution < 1.29 is 9.53 Å². The molecule has 1 amide bonds. The molecule has 3 aromatic rings. The predicted octanol–water partition coefficient (Wildman–Crippen LogP) is 7.92. The molecule has 3 aromatic carbocycles. The Labute approximate surface area is 217 Å².